The predicted molar refractivity (Wildman–Crippen MR) is 109 cm³/mol. The van der Waals surface area contributed by atoms with Crippen molar-refractivity contribution in [2.45, 2.75) is 18.3 Å². The van der Waals surface area contributed by atoms with Gasteiger partial charge in [0.25, 0.3) is 5.91 Å². The Balaban J connectivity index is 1.42. The number of nitriles is 1. The predicted octanol–water partition coefficient (Wildman–Crippen LogP) is 3.35. The van der Waals surface area contributed by atoms with E-state index in [2.05, 4.69) is 21.5 Å². The van der Waals surface area contributed by atoms with E-state index >= 15 is 0 Å². The van der Waals surface area contributed by atoms with E-state index in [1.165, 1.54) is 6.33 Å². The van der Waals surface area contributed by atoms with Crippen LogP contribution in [-0.4, -0.2) is 34.0 Å². The quantitative estimate of drug-likeness (QED) is 0.747. The number of carbonyl (C=O) groups is 1. The summed E-state index contributed by atoms with van der Waals surface area (Å²) in [6, 6.07) is 23.8. The van der Waals surface area contributed by atoms with E-state index in [4.69, 9.17) is 0 Å². The highest BCUT2D eigenvalue weighted by Crippen LogP contribution is 2.34. The van der Waals surface area contributed by atoms with Crippen LogP contribution in [0, 0.1) is 11.3 Å². The molecule has 4 rings (SSSR count). The number of hydrazine groups is 1. The van der Waals surface area contributed by atoms with Crippen molar-refractivity contribution in [3.8, 4) is 17.3 Å². The summed E-state index contributed by atoms with van der Waals surface area (Å²) < 4.78 is 0. The number of aromatic nitrogens is 2. The Morgan fingerprint density at radius 3 is 2.31 bits per heavy atom. The summed E-state index contributed by atoms with van der Waals surface area (Å²) in [5, 5.41) is 11.7. The number of nitrogens with zero attached hydrogens (tertiary/aromatic N) is 4. The molecule has 0 aliphatic carbocycles. The average Bonchev–Trinajstić information content (AvgIpc) is 2.81. The van der Waals surface area contributed by atoms with E-state index in [0.29, 0.717) is 37.3 Å². The number of hydrogen-bond donors (Lipinski definition) is 1. The fraction of sp³-hybridized carbons (Fsp3) is 0.217. The molecule has 144 valence electrons. The van der Waals surface area contributed by atoms with Crippen molar-refractivity contribution in [3.05, 3.63) is 84.3 Å². The lowest BCUT2D eigenvalue weighted by Gasteiger charge is -2.37. The lowest BCUT2D eigenvalue weighted by Crippen LogP contribution is -2.50. The van der Waals surface area contributed by atoms with Gasteiger partial charge in [0, 0.05) is 18.7 Å². The minimum atomic E-state index is -0.502. The van der Waals surface area contributed by atoms with Gasteiger partial charge < -0.3 is 0 Å². The Morgan fingerprint density at radius 2 is 1.66 bits per heavy atom. The number of benzene rings is 2. The number of amides is 1. The lowest BCUT2D eigenvalue weighted by molar-refractivity contribution is 0.0699. The van der Waals surface area contributed by atoms with Crippen molar-refractivity contribution in [2.75, 3.05) is 13.1 Å². The van der Waals surface area contributed by atoms with Gasteiger partial charge in [0.15, 0.2) is 0 Å². The summed E-state index contributed by atoms with van der Waals surface area (Å²) in [5.74, 6) is -0.270. The van der Waals surface area contributed by atoms with Gasteiger partial charge in [-0.1, -0.05) is 60.7 Å². The zero-order chi connectivity index (χ0) is 20.1. The molecule has 0 radical (unpaired) electrons. The van der Waals surface area contributed by atoms with Crippen LogP contribution in [-0.2, 0) is 5.41 Å². The zero-order valence-corrected chi connectivity index (χ0v) is 16.0. The van der Waals surface area contributed by atoms with E-state index in [1.54, 1.807) is 6.07 Å². The summed E-state index contributed by atoms with van der Waals surface area (Å²) in [7, 11) is 0. The van der Waals surface area contributed by atoms with Crippen LogP contribution in [0.2, 0.25) is 0 Å². The SMILES string of the molecule is N#CC1(c2ccccc2)CCN(NC(=O)c2cc(-c3ccccc3)ncn2)CC1. The van der Waals surface area contributed by atoms with Gasteiger partial charge in [-0.05, 0) is 24.5 Å². The molecule has 3 aromatic rings. The largest absolute Gasteiger partial charge is 0.284 e. The van der Waals surface area contributed by atoms with Gasteiger partial charge >= 0.3 is 0 Å². The highest BCUT2D eigenvalue weighted by Gasteiger charge is 2.36. The second kappa shape index (κ2) is 8.21. The average molecular weight is 383 g/mol. The molecule has 1 saturated heterocycles. The van der Waals surface area contributed by atoms with Crippen LogP contribution in [0.4, 0.5) is 0 Å². The molecule has 6 nitrogen and oxygen atoms in total. The van der Waals surface area contributed by atoms with E-state index in [0.717, 1.165) is 11.1 Å². The van der Waals surface area contributed by atoms with Gasteiger partial charge in [-0.25, -0.2) is 15.0 Å². The molecule has 1 aromatic heterocycles. The molecule has 1 aliphatic heterocycles. The second-order valence-electron chi connectivity index (χ2n) is 7.14. The third-order valence-electron chi connectivity index (χ3n) is 5.39. The van der Waals surface area contributed by atoms with Crippen LogP contribution in [0.3, 0.4) is 0 Å². The molecule has 2 heterocycles. The minimum Gasteiger partial charge on any atom is -0.283 e. The van der Waals surface area contributed by atoms with Crippen LogP contribution < -0.4 is 5.43 Å². The summed E-state index contributed by atoms with van der Waals surface area (Å²) in [6.07, 6.45) is 2.73. The molecule has 2 aromatic carbocycles. The van der Waals surface area contributed by atoms with Gasteiger partial charge in [-0.15, -0.1) is 0 Å². The van der Waals surface area contributed by atoms with Gasteiger partial charge in [0.2, 0.25) is 0 Å². The van der Waals surface area contributed by atoms with Crippen LogP contribution in [0.1, 0.15) is 28.9 Å². The topological polar surface area (TPSA) is 81.9 Å². The van der Waals surface area contributed by atoms with Gasteiger partial charge in [-0.3, -0.25) is 10.2 Å². The van der Waals surface area contributed by atoms with E-state index < -0.39 is 5.41 Å². The minimum absolute atomic E-state index is 0.270. The normalized spacial score (nSPS) is 16.0. The molecule has 0 atom stereocenters. The number of carbonyl (C=O) groups excluding carboxylic acids is 1. The fourth-order valence-corrected chi connectivity index (χ4v) is 3.67. The zero-order valence-electron chi connectivity index (χ0n) is 16.0. The van der Waals surface area contributed by atoms with Gasteiger partial charge in [0.05, 0.1) is 17.2 Å². The lowest BCUT2D eigenvalue weighted by atomic mass is 9.74. The van der Waals surface area contributed by atoms with Crippen molar-refractivity contribution in [3.63, 3.8) is 0 Å². The Morgan fingerprint density at radius 1 is 1.00 bits per heavy atom. The Hall–Kier alpha value is -3.56. The maximum atomic E-state index is 12.7. The molecule has 1 fully saturated rings. The summed E-state index contributed by atoms with van der Waals surface area (Å²) >= 11 is 0. The molecule has 1 N–H and O–H groups in total. The van der Waals surface area contributed by atoms with Gasteiger partial charge in [0.1, 0.15) is 12.0 Å². The van der Waals surface area contributed by atoms with Crippen molar-refractivity contribution in [1.82, 2.24) is 20.4 Å². The molecule has 1 aliphatic rings. The van der Waals surface area contributed by atoms with Crippen molar-refractivity contribution >= 4 is 5.91 Å². The third kappa shape index (κ3) is 4.00. The summed E-state index contributed by atoms with van der Waals surface area (Å²) in [6.45, 7) is 1.20. The highest BCUT2D eigenvalue weighted by molar-refractivity contribution is 5.92. The number of hydrogen-bond acceptors (Lipinski definition) is 5. The monoisotopic (exact) mass is 383 g/mol. The number of rotatable bonds is 4. The first-order valence-corrected chi connectivity index (χ1v) is 9.60. The first-order chi connectivity index (χ1) is 14.2. The fourth-order valence-electron chi connectivity index (χ4n) is 3.67. The maximum absolute atomic E-state index is 12.7. The molecule has 0 saturated carbocycles. The summed E-state index contributed by atoms with van der Waals surface area (Å²) in [5.41, 5.74) is 5.42. The Kier molecular flexibility index (Phi) is 5.32. The third-order valence-corrected chi connectivity index (χ3v) is 5.39. The van der Waals surface area contributed by atoms with Crippen LogP contribution in [0.15, 0.2) is 73.1 Å². The Labute approximate surface area is 169 Å². The van der Waals surface area contributed by atoms with Crippen molar-refractivity contribution in [2.24, 2.45) is 0 Å². The van der Waals surface area contributed by atoms with E-state index in [-0.39, 0.29) is 5.91 Å². The number of piperidine rings is 1. The smallest absolute Gasteiger partial charge is 0.283 e. The summed E-state index contributed by atoms with van der Waals surface area (Å²) in [4.78, 5) is 21.1. The molecular formula is C23H21N5O. The Bertz CT molecular complexity index is 1020. The van der Waals surface area contributed by atoms with E-state index in [9.17, 15) is 10.1 Å². The standard InChI is InChI=1S/C23H21N5O/c24-16-23(19-9-5-2-6-10-19)11-13-28(14-12-23)27-22(29)21-15-20(25-17-26-21)18-7-3-1-4-8-18/h1-10,15,17H,11-14H2,(H,27,29). The second-order valence-corrected chi connectivity index (χ2v) is 7.14. The van der Waals surface area contributed by atoms with Crippen LogP contribution in [0.25, 0.3) is 11.3 Å². The van der Waals surface area contributed by atoms with E-state index in [1.807, 2.05) is 65.7 Å². The van der Waals surface area contributed by atoms with Crippen molar-refractivity contribution < 1.29 is 4.79 Å². The molecule has 0 bridgehead atoms. The molecule has 6 heteroatoms. The number of nitrogens with one attached hydrogen (secondary N) is 1. The first kappa shape index (κ1) is 18.8. The highest BCUT2D eigenvalue weighted by atomic mass is 16.2. The van der Waals surface area contributed by atoms with Crippen molar-refractivity contribution in [1.29, 1.82) is 5.26 Å². The van der Waals surface area contributed by atoms with Gasteiger partial charge in [-0.2, -0.15) is 5.26 Å². The molecular weight excluding hydrogens is 362 g/mol. The molecule has 1 amide bonds. The first-order valence-electron chi connectivity index (χ1n) is 9.60. The maximum Gasteiger partial charge on any atom is 0.284 e. The molecule has 0 spiro atoms. The molecule has 0 unspecified atom stereocenters. The molecule has 29 heavy (non-hydrogen) atoms. The van der Waals surface area contributed by atoms with Crippen LogP contribution >= 0.6 is 0 Å². The van der Waals surface area contributed by atoms with Crippen LogP contribution in [0.5, 0.6) is 0 Å².